The summed E-state index contributed by atoms with van der Waals surface area (Å²) in [5.74, 6) is 1.35. The molecule has 1 heterocycles. The summed E-state index contributed by atoms with van der Waals surface area (Å²) in [5, 5.41) is 11.8. The maximum atomic E-state index is 10.4. The molecule has 0 aliphatic heterocycles. The number of anilines is 1. The minimum Gasteiger partial charge on any atom is -0.481 e. The van der Waals surface area contributed by atoms with E-state index >= 15 is 0 Å². The first-order chi connectivity index (χ1) is 8.51. The molecule has 0 saturated heterocycles. The zero-order valence-corrected chi connectivity index (χ0v) is 10.9. The van der Waals surface area contributed by atoms with E-state index in [1.165, 1.54) is 0 Å². The van der Waals surface area contributed by atoms with Gasteiger partial charge in [-0.1, -0.05) is 6.92 Å². The Morgan fingerprint density at radius 2 is 2.28 bits per heavy atom. The fraction of sp³-hybridized carbons (Fsp3) is 0.583. The molecule has 0 aliphatic carbocycles. The summed E-state index contributed by atoms with van der Waals surface area (Å²) in [5.41, 5.74) is 0. The van der Waals surface area contributed by atoms with Gasteiger partial charge in [-0.3, -0.25) is 4.79 Å². The van der Waals surface area contributed by atoms with Gasteiger partial charge in [0.1, 0.15) is 11.6 Å². The second-order valence-electron chi connectivity index (χ2n) is 4.26. The molecule has 6 heteroatoms. The van der Waals surface area contributed by atoms with E-state index in [4.69, 9.17) is 9.84 Å². The molecule has 0 bridgehead atoms. The van der Waals surface area contributed by atoms with Crippen molar-refractivity contribution in [1.82, 2.24) is 9.97 Å². The lowest BCUT2D eigenvalue weighted by molar-refractivity contribution is -0.137. The van der Waals surface area contributed by atoms with Gasteiger partial charge in [-0.05, 0) is 19.3 Å². The molecule has 0 amide bonds. The normalized spacial score (nSPS) is 11.9. The summed E-state index contributed by atoms with van der Waals surface area (Å²) < 4.78 is 5.05. The highest BCUT2D eigenvalue weighted by molar-refractivity contribution is 5.66. The number of nitrogens with zero attached hydrogens (tertiary/aromatic N) is 2. The lowest BCUT2D eigenvalue weighted by Crippen LogP contribution is -2.14. The van der Waals surface area contributed by atoms with E-state index in [-0.39, 0.29) is 12.3 Å². The largest absolute Gasteiger partial charge is 0.481 e. The minimum absolute atomic E-state index is 0.189. The first kappa shape index (κ1) is 14.2. The molecule has 6 nitrogen and oxygen atoms in total. The number of methoxy groups -OCH3 is 1. The third-order valence-electron chi connectivity index (χ3n) is 2.51. The molecule has 1 aromatic rings. The van der Waals surface area contributed by atoms with Crippen LogP contribution in [0, 0.1) is 12.8 Å². The Hall–Kier alpha value is -1.85. The molecule has 0 aromatic carbocycles. The Bertz CT molecular complexity index is 410. The molecule has 1 rings (SSSR count). The van der Waals surface area contributed by atoms with Gasteiger partial charge >= 0.3 is 5.97 Å². The fourth-order valence-corrected chi connectivity index (χ4v) is 1.49. The van der Waals surface area contributed by atoms with Crippen LogP contribution >= 0.6 is 0 Å². The van der Waals surface area contributed by atoms with Gasteiger partial charge in [-0.15, -0.1) is 0 Å². The third-order valence-corrected chi connectivity index (χ3v) is 2.51. The number of nitrogens with one attached hydrogen (secondary N) is 1. The summed E-state index contributed by atoms with van der Waals surface area (Å²) in [6.45, 7) is 4.47. The number of aromatic nitrogens is 2. The summed E-state index contributed by atoms with van der Waals surface area (Å²) in [6.07, 6.45) is 0.832. The molecule has 1 unspecified atom stereocenters. The van der Waals surface area contributed by atoms with Crippen molar-refractivity contribution in [1.29, 1.82) is 0 Å². The van der Waals surface area contributed by atoms with Gasteiger partial charge in [0.25, 0.3) is 0 Å². The molecular weight excluding hydrogens is 234 g/mol. The smallest absolute Gasteiger partial charge is 0.303 e. The first-order valence-electron chi connectivity index (χ1n) is 5.86. The highest BCUT2D eigenvalue weighted by Crippen LogP contribution is 2.14. The number of hydrogen-bond donors (Lipinski definition) is 2. The van der Waals surface area contributed by atoms with Gasteiger partial charge in [0.05, 0.1) is 7.11 Å². The van der Waals surface area contributed by atoms with Crippen molar-refractivity contribution in [3.8, 4) is 5.88 Å². The van der Waals surface area contributed by atoms with E-state index in [0.29, 0.717) is 30.5 Å². The maximum Gasteiger partial charge on any atom is 0.303 e. The quantitative estimate of drug-likeness (QED) is 0.769. The number of aryl methyl sites for hydroxylation is 1. The number of ether oxygens (including phenoxy) is 1. The van der Waals surface area contributed by atoms with Crippen molar-refractivity contribution in [2.45, 2.75) is 26.7 Å². The SMILES string of the molecule is COc1cc(NCC(C)CCC(=O)O)nc(C)n1. The number of hydrogen-bond acceptors (Lipinski definition) is 5. The van der Waals surface area contributed by atoms with Crippen molar-refractivity contribution in [3.05, 3.63) is 11.9 Å². The molecule has 0 radical (unpaired) electrons. The molecule has 0 spiro atoms. The van der Waals surface area contributed by atoms with Crippen LogP contribution in [0.5, 0.6) is 5.88 Å². The highest BCUT2D eigenvalue weighted by atomic mass is 16.5. The Morgan fingerprint density at radius 3 is 2.89 bits per heavy atom. The average molecular weight is 253 g/mol. The van der Waals surface area contributed by atoms with E-state index in [9.17, 15) is 4.79 Å². The summed E-state index contributed by atoms with van der Waals surface area (Å²) in [7, 11) is 1.56. The second kappa shape index (κ2) is 6.78. The van der Waals surface area contributed by atoms with Crippen LogP contribution in [-0.2, 0) is 4.79 Å². The third kappa shape index (κ3) is 4.99. The number of carbonyl (C=O) groups is 1. The molecule has 2 N–H and O–H groups in total. The average Bonchev–Trinajstić information content (AvgIpc) is 2.33. The van der Waals surface area contributed by atoms with Gasteiger partial charge in [-0.2, -0.15) is 4.98 Å². The Balaban J connectivity index is 2.47. The van der Waals surface area contributed by atoms with Crippen LogP contribution < -0.4 is 10.1 Å². The van der Waals surface area contributed by atoms with E-state index in [1.54, 1.807) is 20.1 Å². The van der Waals surface area contributed by atoms with Gasteiger partial charge < -0.3 is 15.2 Å². The van der Waals surface area contributed by atoms with Gasteiger partial charge in [0.15, 0.2) is 0 Å². The fourth-order valence-electron chi connectivity index (χ4n) is 1.49. The van der Waals surface area contributed by atoms with Gasteiger partial charge in [0, 0.05) is 19.0 Å². The van der Waals surface area contributed by atoms with Crippen molar-refractivity contribution in [2.75, 3.05) is 19.0 Å². The summed E-state index contributed by atoms with van der Waals surface area (Å²) in [4.78, 5) is 18.8. The minimum atomic E-state index is -0.763. The molecule has 18 heavy (non-hydrogen) atoms. The van der Waals surface area contributed by atoms with Crippen molar-refractivity contribution in [3.63, 3.8) is 0 Å². The molecule has 0 fully saturated rings. The number of carboxylic acids is 1. The van der Waals surface area contributed by atoms with Crippen molar-refractivity contribution >= 4 is 11.8 Å². The zero-order chi connectivity index (χ0) is 13.5. The Morgan fingerprint density at radius 1 is 1.56 bits per heavy atom. The van der Waals surface area contributed by atoms with Crippen LogP contribution in [0.4, 0.5) is 5.82 Å². The predicted octanol–water partition coefficient (Wildman–Crippen LogP) is 1.71. The monoisotopic (exact) mass is 253 g/mol. The number of rotatable bonds is 7. The van der Waals surface area contributed by atoms with Crippen LogP contribution in [0.2, 0.25) is 0 Å². The lowest BCUT2D eigenvalue weighted by Gasteiger charge is -2.12. The van der Waals surface area contributed by atoms with E-state index in [2.05, 4.69) is 15.3 Å². The van der Waals surface area contributed by atoms with Crippen LogP contribution in [0.3, 0.4) is 0 Å². The topological polar surface area (TPSA) is 84.3 Å². The first-order valence-corrected chi connectivity index (χ1v) is 5.86. The highest BCUT2D eigenvalue weighted by Gasteiger charge is 2.07. The van der Waals surface area contributed by atoms with E-state index in [1.807, 2.05) is 6.92 Å². The lowest BCUT2D eigenvalue weighted by atomic mass is 10.1. The van der Waals surface area contributed by atoms with Gasteiger partial charge in [0.2, 0.25) is 5.88 Å². The van der Waals surface area contributed by atoms with Crippen LogP contribution in [0.15, 0.2) is 6.07 Å². The molecular formula is C12H19N3O3. The molecule has 1 aromatic heterocycles. The maximum absolute atomic E-state index is 10.4. The second-order valence-corrected chi connectivity index (χ2v) is 4.26. The summed E-state index contributed by atoms with van der Waals surface area (Å²) >= 11 is 0. The van der Waals surface area contributed by atoms with E-state index < -0.39 is 5.97 Å². The number of carboxylic acid groups (broad SMARTS) is 1. The predicted molar refractivity (Wildman–Crippen MR) is 67.8 cm³/mol. The molecule has 100 valence electrons. The summed E-state index contributed by atoms with van der Waals surface area (Å²) in [6, 6.07) is 1.72. The Kier molecular flexibility index (Phi) is 5.35. The molecule has 1 atom stereocenters. The Labute approximate surface area is 106 Å². The zero-order valence-electron chi connectivity index (χ0n) is 10.9. The molecule has 0 saturated carbocycles. The van der Waals surface area contributed by atoms with Crippen LogP contribution in [0.1, 0.15) is 25.6 Å². The standard InChI is InChI=1S/C12H19N3O3/c1-8(4-5-12(16)17)7-13-10-6-11(18-3)15-9(2)14-10/h6,8H,4-5,7H2,1-3H3,(H,16,17)(H,13,14,15). The van der Waals surface area contributed by atoms with Crippen LogP contribution in [0.25, 0.3) is 0 Å². The van der Waals surface area contributed by atoms with E-state index in [0.717, 1.165) is 0 Å². The van der Waals surface area contributed by atoms with Crippen molar-refractivity contribution in [2.24, 2.45) is 5.92 Å². The van der Waals surface area contributed by atoms with Crippen LogP contribution in [-0.4, -0.2) is 34.7 Å². The molecule has 0 aliphatic rings. The van der Waals surface area contributed by atoms with Crippen molar-refractivity contribution < 1.29 is 14.6 Å². The number of aliphatic carboxylic acids is 1. The van der Waals surface area contributed by atoms with Gasteiger partial charge in [-0.25, -0.2) is 4.98 Å².